The van der Waals surface area contributed by atoms with Crippen LogP contribution in [0.2, 0.25) is 0 Å². The number of carboxylic acids is 2. The summed E-state index contributed by atoms with van der Waals surface area (Å²) in [5.41, 5.74) is -0.0111. The van der Waals surface area contributed by atoms with Crippen LogP contribution in [-0.2, 0) is 9.59 Å². The summed E-state index contributed by atoms with van der Waals surface area (Å²) in [4.78, 5) is 36.1. The van der Waals surface area contributed by atoms with Crippen LogP contribution in [0.4, 0.5) is 4.39 Å². The van der Waals surface area contributed by atoms with Crippen LogP contribution in [-0.4, -0.2) is 39.1 Å². The molecular formula is C11H11FN2O5. The molecule has 1 aromatic heterocycles. The number of nitrogens with zero attached hydrogens (tertiary/aromatic N) is 1. The summed E-state index contributed by atoms with van der Waals surface area (Å²) in [6.07, 6.45) is 0.324. The first kappa shape index (κ1) is 14.6. The molecule has 8 heteroatoms. The van der Waals surface area contributed by atoms with Crippen molar-refractivity contribution in [2.45, 2.75) is 18.9 Å². The molecule has 1 heterocycles. The van der Waals surface area contributed by atoms with E-state index in [9.17, 15) is 18.8 Å². The van der Waals surface area contributed by atoms with E-state index < -0.39 is 29.8 Å². The number of hydrogen-bond donors (Lipinski definition) is 3. The van der Waals surface area contributed by atoms with Gasteiger partial charge in [-0.2, -0.15) is 4.39 Å². The van der Waals surface area contributed by atoms with Gasteiger partial charge in [0.05, 0.1) is 5.56 Å². The lowest BCUT2D eigenvalue weighted by molar-refractivity contribution is -0.140. The van der Waals surface area contributed by atoms with Gasteiger partial charge in [-0.25, -0.2) is 9.78 Å². The number of carbonyl (C=O) groups excluding carboxylic acids is 1. The van der Waals surface area contributed by atoms with E-state index in [0.29, 0.717) is 0 Å². The fraction of sp³-hybridized carbons (Fsp3) is 0.273. The van der Waals surface area contributed by atoms with Gasteiger partial charge in [0, 0.05) is 12.6 Å². The average Bonchev–Trinajstić information content (AvgIpc) is 2.34. The summed E-state index contributed by atoms with van der Waals surface area (Å²) in [6, 6.07) is 0.782. The van der Waals surface area contributed by atoms with Crippen LogP contribution in [0, 0.1) is 5.95 Å². The lowest BCUT2D eigenvalue weighted by Gasteiger charge is -2.13. The third-order valence-corrected chi connectivity index (χ3v) is 2.24. The minimum absolute atomic E-state index is 0.0111. The Morgan fingerprint density at radius 1 is 1.32 bits per heavy atom. The molecule has 1 aromatic rings. The second-order valence-electron chi connectivity index (χ2n) is 3.67. The first-order valence-electron chi connectivity index (χ1n) is 5.27. The molecule has 0 saturated heterocycles. The second-order valence-corrected chi connectivity index (χ2v) is 3.67. The van der Waals surface area contributed by atoms with Gasteiger partial charge < -0.3 is 15.5 Å². The van der Waals surface area contributed by atoms with Crippen molar-refractivity contribution in [3.63, 3.8) is 0 Å². The van der Waals surface area contributed by atoms with Crippen molar-refractivity contribution in [1.29, 1.82) is 0 Å². The lowest BCUT2D eigenvalue weighted by atomic mass is 10.1. The highest BCUT2D eigenvalue weighted by Gasteiger charge is 2.21. The van der Waals surface area contributed by atoms with Gasteiger partial charge >= 0.3 is 11.9 Å². The number of halogens is 1. The van der Waals surface area contributed by atoms with Crippen LogP contribution >= 0.6 is 0 Å². The van der Waals surface area contributed by atoms with Gasteiger partial charge in [0.25, 0.3) is 5.91 Å². The molecule has 102 valence electrons. The monoisotopic (exact) mass is 270 g/mol. The van der Waals surface area contributed by atoms with E-state index in [-0.39, 0.29) is 18.4 Å². The van der Waals surface area contributed by atoms with Crippen LogP contribution < -0.4 is 5.32 Å². The minimum Gasteiger partial charge on any atom is -0.481 e. The van der Waals surface area contributed by atoms with Crippen molar-refractivity contribution in [1.82, 2.24) is 10.3 Å². The van der Waals surface area contributed by atoms with E-state index in [1.807, 2.05) is 0 Å². The van der Waals surface area contributed by atoms with E-state index in [4.69, 9.17) is 10.2 Å². The van der Waals surface area contributed by atoms with E-state index in [2.05, 4.69) is 10.3 Å². The Balaban J connectivity index is 2.68. The Morgan fingerprint density at radius 2 is 2.00 bits per heavy atom. The van der Waals surface area contributed by atoms with Gasteiger partial charge in [-0.3, -0.25) is 9.59 Å². The van der Waals surface area contributed by atoms with Crippen LogP contribution in [0.15, 0.2) is 18.3 Å². The highest BCUT2D eigenvalue weighted by molar-refractivity contribution is 5.96. The Hall–Kier alpha value is -2.51. The Morgan fingerprint density at radius 3 is 2.47 bits per heavy atom. The van der Waals surface area contributed by atoms with Gasteiger partial charge in [-0.05, 0) is 18.6 Å². The summed E-state index contributed by atoms with van der Waals surface area (Å²) in [7, 11) is 0. The number of carboxylic acid groups (broad SMARTS) is 2. The molecule has 19 heavy (non-hydrogen) atoms. The summed E-state index contributed by atoms with van der Waals surface area (Å²) >= 11 is 0. The topological polar surface area (TPSA) is 117 Å². The maximum absolute atomic E-state index is 12.5. The number of aromatic nitrogens is 1. The van der Waals surface area contributed by atoms with Crippen LogP contribution in [0.25, 0.3) is 0 Å². The predicted octanol–water partition coefficient (Wildman–Crippen LogP) is 0.268. The molecule has 0 spiro atoms. The van der Waals surface area contributed by atoms with Crippen molar-refractivity contribution in [2.24, 2.45) is 0 Å². The molecule has 0 unspecified atom stereocenters. The summed E-state index contributed by atoms with van der Waals surface area (Å²) in [6.45, 7) is 0. The highest BCUT2D eigenvalue weighted by Crippen LogP contribution is 2.03. The summed E-state index contributed by atoms with van der Waals surface area (Å²) < 4.78 is 12.5. The molecule has 1 rings (SSSR count). The van der Waals surface area contributed by atoms with Gasteiger partial charge in [0.15, 0.2) is 0 Å². The minimum atomic E-state index is -1.34. The zero-order chi connectivity index (χ0) is 14.4. The fourth-order valence-electron chi connectivity index (χ4n) is 1.28. The number of rotatable bonds is 6. The number of pyridine rings is 1. The smallest absolute Gasteiger partial charge is 0.326 e. The molecule has 0 aromatic carbocycles. The third-order valence-electron chi connectivity index (χ3n) is 2.24. The zero-order valence-corrected chi connectivity index (χ0v) is 9.67. The van der Waals surface area contributed by atoms with E-state index in [1.54, 1.807) is 0 Å². The van der Waals surface area contributed by atoms with Gasteiger partial charge in [0.1, 0.15) is 6.04 Å². The van der Waals surface area contributed by atoms with Gasteiger partial charge in [0.2, 0.25) is 5.95 Å². The van der Waals surface area contributed by atoms with E-state index in [0.717, 1.165) is 18.3 Å². The zero-order valence-electron chi connectivity index (χ0n) is 9.67. The van der Waals surface area contributed by atoms with Crippen molar-refractivity contribution < 1.29 is 29.0 Å². The van der Waals surface area contributed by atoms with Crippen molar-refractivity contribution in [2.75, 3.05) is 0 Å². The summed E-state index contributed by atoms with van der Waals surface area (Å²) in [5, 5.41) is 19.5. The normalized spacial score (nSPS) is 11.6. The number of amides is 1. The van der Waals surface area contributed by atoms with Crippen molar-refractivity contribution in [3.8, 4) is 0 Å². The van der Waals surface area contributed by atoms with Crippen LogP contribution in [0.1, 0.15) is 23.2 Å². The molecule has 0 aliphatic carbocycles. The SMILES string of the molecule is O=C(O)CC[C@H](NC(=O)c1ccc(F)nc1)C(=O)O. The number of aliphatic carboxylic acids is 2. The molecule has 0 radical (unpaired) electrons. The van der Waals surface area contributed by atoms with Crippen LogP contribution in [0.3, 0.4) is 0 Å². The first-order chi connectivity index (χ1) is 8.90. The van der Waals surface area contributed by atoms with Crippen molar-refractivity contribution >= 4 is 17.8 Å². The van der Waals surface area contributed by atoms with Crippen molar-refractivity contribution in [3.05, 3.63) is 29.8 Å². The standard InChI is InChI=1S/C11H11FN2O5/c12-8-3-1-6(5-13-8)10(17)14-7(11(18)19)2-4-9(15)16/h1,3,5,7H,2,4H2,(H,14,17)(H,15,16)(H,18,19)/t7-/m0/s1. The second kappa shape index (κ2) is 6.43. The first-order valence-corrected chi connectivity index (χ1v) is 5.27. The number of hydrogen-bond acceptors (Lipinski definition) is 4. The predicted molar refractivity (Wildman–Crippen MR) is 60.0 cm³/mol. The lowest BCUT2D eigenvalue weighted by Crippen LogP contribution is -2.41. The maximum atomic E-state index is 12.5. The van der Waals surface area contributed by atoms with Gasteiger partial charge in [-0.15, -0.1) is 0 Å². The Kier molecular flexibility index (Phi) is 4.92. The average molecular weight is 270 g/mol. The quantitative estimate of drug-likeness (QED) is 0.639. The number of carbonyl (C=O) groups is 3. The molecule has 0 aliphatic heterocycles. The summed E-state index contributed by atoms with van der Waals surface area (Å²) in [5.74, 6) is -4.03. The molecule has 0 saturated carbocycles. The molecule has 0 aliphatic rings. The van der Waals surface area contributed by atoms with E-state index in [1.165, 1.54) is 0 Å². The largest absolute Gasteiger partial charge is 0.481 e. The van der Waals surface area contributed by atoms with E-state index >= 15 is 0 Å². The Bertz CT molecular complexity index is 488. The fourth-order valence-corrected chi connectivity index (χ4v) is 1.28. The molecule has 7 nitrogen and oxygen atoms in total. The number of nitrogens with one attached hydrogen (secondary N) is 1. The maximum Gasteiger partial charge on any atom is 0.326 e. The molecule has 1 amide bonds. The highest BCUT2D eigenvalue weighted by atomic mass is 19.1. The molecule has 1 atom stereocenters. The molecule has 0 bridgehead atoms. The molecule has 0 fully saturated rings. The van der Waals surface area contributed by atoms with Crippen LogP contribution in [0.5, 0.6) is 0 Å². The third kappa shape index (κ3) is 4.70. The molecular weight excluding hydrogens is 259 g/mol. The van der Waals surface area contributed by atoms with Gasteiger partial charge in [-0.1, -0.05) is 0 Å². The Labute approximate surface area is 107 Å². The molecule has 3 N–H and O–H groups in total.